The van der Waals surface area contributed by atoms with E-state index in [1.165, 1.54) is 12.8 Å². The zero-order valence-corrected chi connectivity index (χ0v) is 10.5. The number of halogens is 1. The van der Waals surface area contributed by atoms with Gasteiger partial charge in [0.15, 0.2) is 0 Å². The summed E-state index contributed by atoms with van der Waals surface area (Å²) < 4.78 is 1.07. The van der Waals surface area contributed by atoms with Gasteiger partial charge in [-0.15, -0.1) is 0 Å². The van der Waals surface area contributed by atoms with E-state index in [-0.39, 0.29) is 6.61 Å². The summed E-state index contributed by atoms with van der Waals surface area (Å²) in [7, 11) is 2.10. The number of nitrogens with zero attached hydrogens (tertiary/aromatic N) is 1. The molecule has 0 radical (unpaired) electrons. The van der Waals surface area contributed by atoms with E-state index in [1.807, 2.05) is 12.1 Å². The molecule has 15 heavy (non-hydrogen) atoms. The summed E-state index contributed by atoms with van der Waals surface area (Å²) in [5.74, 6) is 0.862. The summed E-state index contributed by atoms with van der Waals surface area (Å²) in [6.07, 6.45) is 2.71. The standard InChI is InChI=1S/C12H16BrNO/c1-14(7-9-2-3-9)12-6-11(13)5-4-10(12)8-15/h4-6,9,15H,2-3,7-8H2,1H3. The van der Waals surface area contributed by atoms with Crippen LogP contribution in [0, 0.1) is 5.92 Å². The lowest BCUT2D eigenvalue weighted by molar-refractivity contribution is 0.282. The van der Waals surface area contributed by atoms with E-state index >= 15 is 0 Å². The summed E-state index contributed by atoms with van der Waals surface area (Å²) in [4.78, 5) is 2.24. The largest absolute Gasteiger partial charge is 0.392 e. The van der Waals surface area contributed by atoms with Gasteiger partial charge in [0.1, 0.15) is 0 Å². The van der Waals surface area contributed by atoms with Crippen LogP contribution < -0.4 is 4.90 Å². The Balaban J connectivity index is 2.18. The number of hydrogen-bond donors (Lipinski definition) is 1. The molecule has 1 aliphatic rings. The maximum Gasteiger partial charge on any atom is 0.0702 e. The van der Waals surface area contributed by atoms with Crippen molar-refractivity contribution >= 4 is 21.6 Å². The molecule has 0 amide bonds. The van der Waals surface area contributed by atoms with Crippen LogP contribution >= 0.6 is 15.9 Å². The molecule has 0 spiro atoms. The van der Waals surface area contributed by atoms with E-state index in [4.69, 9.17) is 0 Å². The normalized spacial score (nSPS) is 15.4. The SMILES string of the molecule is CN(CC1CC1)c1cc(Br)ccc1CO. The quantitative estimate of drug-likeness (QED) is 0.909. The predicted octanol–water partition coefficient (Wildman–Crippen LogP) is 2.79. The molecule has 1 N–H and O–H groups in total. The smallest absolute Gasteiger partial charge is 0.0702 e. The third kappa shape index (κ3) is 2.73. The predicted molar refractivity (Wildman–Crippen MR) is 66.1 cm³/mol. The topological polar surface area (TPSA) is 23.5 Å². The van der Waals surface area contributed by atoms with Crippen molar-refractivity contribution in [3.8, 4) is 0 Å². The first-order valence-corrected chi connectivity index (χ1v) is 6.10. The van der Waals surface area contributed by atoms with Crippen LogP contribution in [0.15, 0.2) is 22.7 Å². The molecule has 0 atom stereocenters. The van der Waals surface area contributed by atoms with Crippen LogP contribution in [0.3, 0.4) is 0 Å². The fourth-order valence-corrected chi connectivity index (χ4v) is 2.16. The van der Waals surface area contributed by atoms with Crippen molar-refractivity contribution in [2.75, 3.05) is 18.5 Å². The number of anilines is 1. The Morgan fingerprint density at radius 1 is 1.47 bits per heavy atom. The summed E-state index contributed by atoms with van der Waals surface area (Å²) in [5.41, 5.74) is 2.14. The van der Waals surface area contributed by atoms with Crippen LogP contribution in [0.4, 0.5) is 5.69 Å². The van der Waals surface area contributed by atoms with Crippen LogP contribution in [0.5, 0.6) is 0 Å². The molecule has 0 bridgehead atoms. The van der Waals surface area contributed by atoms with Gasteiger partial charge in [-0.25, -0.2) is 0 Å². The highest BCUT2D eigenvalue weighted by molar-refractivity contribution is 9.10. The summed E-state index contributed by atoms with van der Waals surface area (Å²) in [6.45, 7) is 1.21. The highest BCUT2D eigenvalue weighted by atomic mass is 79.9. The molecule has 0 saturated heterocycles. The van der Waals surface area contributed by atoms with Gasteiger partial charge < -0.3 is 10.0 Å². The molecule has 2 nitrogen and oxygen atoms in total. The highest BCUT2D eigenvalue weighted by Gasteiger charge is 2.23. The molecule has 1 aliphatic carbocycles. The van der Waals surface area contributed by atoms with Crippen LogP contribution in [0.1, 0.15) is 18.4 Å². The third-order valence-electron chi connectivity index (χ3n) is 2.86. The van der Waals surface area contributed by atoms with Gasteiger partial charge in [-0.3, -0.25) is 0 Å². The van der Waals surface area contributed by atoms with E-state index in [0.717, 1.165) is 28.2 Å². The molecule has 1 fully saturated rings. The number of benzene rings is 1. The average Bonchev–Trinajstić information content (AvgIpc) is 3.01. The van der Waals surface area contributed by atoms with Gasteiger partial charge in [0.05, 0.1) is 6.61 Å². The number of rotatable bonds is 4. The first-order chi connectivity index (χ1) is 7.20. The maximum absolute atomic E-state index is 9.27. The molecule has 0 aromatic heterocycles. The van der Waals surface area contributed by atoms with Gasteiger partial charge in [-0.05, 0) is 30.9 Å². The van der Waals surface area contributed by atoms with Crippen molar-refractivity contribution in [2.45, 2.75) is 19.4 Å². The Labute approximate surface area is 99.0 Å². The lowest BCUT2D eigenvalue weighted by Gasteiger charge is -2.22. The average molecular weight is 270 g/mol. The van der Waals surface area contributed by atoms with E-state index in [0.29, 0.717) is 0 Å². The minimum atomic E-state index is 0.109. The third-order valence-corrected chi connectivity index (χ3v) is 3.35. The molecule has 1 saturated carbocycles. The molecule has 0 aliphatic heterocycles. The van der Waals surface area contributed by atoms with Crippen LogP contribution in [0.25, 0.3) is 0 Å². The van der Waals surface area contributed by atoms with E-state index in [9.17, 15) is 5.11 Å². The molecule has 1 aromatic carbocycles. The Hall–Kier alpha value is -0.540. The lowest BCUT2D eigenvalue weighted by atomic mass is 10.1. The lowest BCUT2D eigenvalue weighted by Crippen LogP contribution is -2.21. The summed E-state index contributed by atoms with van der Waals surface area (Å²) in [5, 5.41) is 9.27. The van der Waals surface area contributed by atoms with Crippen LogP contribution in [-0.4, -0.2) is 18.7 Å². The molecule has 82 valence electrons. The van der Waals surface area contributed by atoms with Crippen LogP contribution in [-0.2, 0) is 6.61 Å². The fourth-order valence-electron chi connectivity index (χ4n) is 1.81. The molecular weight excluding hydrogens is 254 g/mol. The number of hydrogen-bond acceptors (Lipinski definition) is 2. The summed E-state index contributed by atoms with van der Waals surface area (Å²) in [6, 6.07) is 6.02. The second-order valence-electron chi connectivity index (χ2n) is 4.26. The molecular formula is C12H16BrNO. The second-order valence-corrected chi connectivity index (χ2v) is 5.17. The van der Waals surface area contributed by atoms with Crippen molar-refractivity contribution in [3.63, 3.8) is 0 Å². The molecule has 3 heteroatoms. The first kappa shape index (κ1) is 11.0. The van der Waals surface area contributed by atoms with Crippen molar-refractivity contribution in [3.05, 3.63) is 28.2 Å². The zero-order chi connectivity index (χ0) is 10.8. The fraction of sp³-hybridized carbons (Fsp3) is 0.500. The van der Waals surface area contributed by atoms with E-state index < -0.39 is 0 Å². The molecule has 0 heterocycles. The van der Waals surface area contributed by atoms with Gasteiger partial charge in [0.2, 0.25) is 0 Å². The van der Waals surface area contributed by atoms with Crippen molar-refractivity contribution in [1.82, 2.24) is 0 Å². The van der Waals surface area contributed by atoms with Crippen molar-refractivity contribution in [2.24, 2.45) is 5.92 Å². The summed E-state index contributed by atoms with van der Waals surface area (Å²) >= 11 is 3.47. The van der Waals surface area contributed by atoms with Gasteiger partial charge in [0, 0.05) is 29.3 Å². The molecule has 1 aromatic rings. The van der Waals surface area contributed by atoms with Crippen molar-refractivity contribution < 1.29 is 5.11 Å². The first-order valence-electron chi connectivity index (χ1n) is 5.31. The van der Waals surface area contributed by atoms with Gasteiger partial charge in [-0.1, -0.05) is 22.0 Å². The minimum Gasteiger partial charge on any atom is -0.392 e. The Morgan fingerprint density at radius 3 is 2.80 bits per heavy atom. The molecule has 2 rings (SSSR count). The number of aliphatic hydroxyl groups excluding tert-OH is 1. The van der Waals surface area contributed by atoms with Crippen molar-refractivity contribution in [1.29, 1.82) is 0 Å². The van der Waals surface area contributed by atoms with E-state index in [1.54, 1.807) is 0 Å². The Bertz CT molecular complexity index is 349. The second kappa shape index (κ2) is 4.54. The molecule has 0 unspecified atom stereocenters. The maximum atomic E-state index is 9.27. The Morgan fingerprint density at radius 2 is 2.20 bits per heavy atom. The zero-order valence-electron chi connectivity index (χ0n) is 8.91. The van der Waals surface area contributed by atoms with E-state index in [2.05, 4.69) is 33.9 Å². The monoisotopic (exact) mass is 269 g/mol. The minimum absolute atomic E-state index is 0.109. The Kier molecular flexibility index (Phi) is 3.32. The van der Waals surface area contributed by atoms with Gasteiger partial charge >= 0.3 is 0 Å². The van der Waals surface area contributed by atoms with Gasteiger partial charge in [0.25, 0.3) is 0 Å². The van der Waals surface area contributed by atoms with Crippen LogP contribution in [0.2, 0.25) is 0 Å². The highest BCUT2D eigenvalue weighted by Crippen LogP contribution is 2.32. The van der Waals surface area contributed by atoms with Gasteiger partial charge in [-0.2, -0.15) is 0 Å². The number of aliphatic hydroxyl groups is 1.